The van der Waals surface area contributed by atoms with E-state index in [1.54, 1.807) is 7.05 Å². The Balaban J connectivity index is 2.19. The first-order chi connectivity index (χ1) is 9.92. The zero-order valence-electron chi connectivity index (χ0n) is 11.8. The van der Waals surface area contributed by atoms with Gasteiger partial charge in [-0.2, -0.15) is 0 Å². The van der Waals surface area contributed by atoms with Crippen molar-refractivity contribution in [3.05, 3.63) is 21.3 Å². The van der Waals surface area contributed by atoms with Gasteiger partial charge in [-0.15, -0.1) is 11.3 Å². The Labute approximate surface area is 129 Å². The van der Waals surface area contributed by atoms with E-state index >= 15 is 0 Å². The number of carbonyl (C=O) groups excluding carboxylic acids is 2. The number of fused-ring (bicyclic) bond motifs is 1. The Morgan fingerprint density at radius 3 is 2.86 bits per heavy atom. The molecular weight excluding hydrogens is 312 g/mol. The fraction of sp³-hybridized carbons (Fsp3) is 0.385. The lowest BCUT2D eigenvalue weighted by atomic mass is 10.3. The first-order valence-corrected chi connectivity index (χ1v) is 7.91. The van der Waals surface area contributed by atoms with Crippen molar-refractivity contribution in [3.8, 4) is 0 Å². The van der Waals surface area contributed by atoms with Gasteiger partial charge in [0.05, 0.1) is 18.2 Å². The molecule has 0 unspecified atom stereocenters. The van der Waals surface area contributed by atoms with Gasteiger partial charge in [0.15, 0.2) is 10.9 Å². The highest BCUT2D eigenvalue weighted by atomic mass is 32.2. The molecule has 0 saturated carbocycles. The van der Waals surface area contributed by atoms with Crippen LogP contribution < -0.4 is 5.56 Å². The SMILES string of the molecule is COC(=O)CC(=O)CSc1nc2sc(C)cc2c(=O)n1C. The molecule has 0 aliphatic heterocycles. The fourth-order valence-corrected chi connectivity index (χ4v) is 3.48. The maximum atomic E-state index is 12.2. The Morgan fingerprint density at radius 1 is 1.48 bits per heavy atom. The lowest BCUT2D eigenvalue weighted by molar-refractivity contribution is -0.142. The first-order valence-electron chi connectivity index (χ1n) is 6.11. The molecule has 2 aromatic rings. The molecule has 21 heavy (non-hydrogen) atoms. The number of esters is 1. The Morgan fingerprint density at radius 2 is 2.19 bits per heavy atom. The molecule has 0 spiro atoms. The second kappa shape index (κ2) is 6.40. The molecule has 0 fully saturated rings. The zero-order chi connectivity index (χ0) is 15.6. The van der Waals surface area contributed by atoms with Crippen molar-refractivity contribution in [2.45, 2.75) is 18.5 Å². The predicted molar refractivity (Wildman–Crippen MR) is 82.0 cm³/mol. The zero-order valence-corrected chi connectivity index (χ0v) is 13.5. The third-order valence-electron chi connectivity index (χ3n) is 2.79. The molecule has 112 valence electrons. The van der Waals surface area contributed by atoms with Gasteiger partial charge >= 0.3 is 5.97 Å². The molecule has 2 aromatic heterocycles. The summed E-state index contributed by atoms with van der Waals surface area (Å²) >= 11 is 2.59. The second-order valence-corrected chi connectivity index (χ2v) is 6.59. The number of hydrogen-bond acceptors (Lipinski definition) is 7. The number of thiophene rings is 1. The van der Waals surface area contributed by atoms with Gasteiger partial charge in [-0.1, -0.05) is 11.8 Å². The van der Waals surface area contributed by atoms with Crippen LogP contribution in [0.3, 0.4) is 0 Å². The van der Waals surface area contributed by atoms with E-state index in [4.69, 9.17) is 0 Å². The third-order valence-corrected chi connectivity index (χ3v) is 4.82. The van der Waals surface area contributed by atoms with Gasteiger partial charge in [0.2, 0.25) is 0 Å². The number of methoxy groups -OCH3 is 1. The molecule has 0 aromatic carbocycles. The lowest BCUT2D eigenvalue weighted by Crippen LogP contribution is -2.20. The van der Waals surface area contributed by atoms with Crippen LogP contribution >= 0.6 is 23.1 Å². The van der Waals surface area contributed by atoms with E-state index in [-0.39, 0.29) is 23.5 Å². The molecule has 0 atom stereocenters. The molecule has 0 radical (unpaired) electrons. The number of hydrogen-bond donors (Lipinski definition) is 0. The number of ketones is 1. The largest absolute Gasteiger partial charge is 0.469 e. The number of rotatable bonds is 5. The van der Waals surface area contributed by atoms with E-state index in [1.807, 2.05) is 13.0 Å². The summed E-state index contributed by atoms with van der Waals surface area (Å²) in [4.78, 5) is 40.9. The monoisotopic (exact) mass is 326 g/mol. The molecule has 0 N–H and O–H groups in total. The minimum atomic E-state index is -0.563. The van der Waals surface area contributed by atoms with Gasteiger partial charge in [-0.3, -0.25) is 19.0 Å². The minimum absolute atomic E-state index is 0.0746. The summed E-state index contributed by atoms with van der Waals surface area (Å²) < 4.78 is 5.86. The van der Waals surface area contributed by atoms with Crippen molar-refractivity contribution in [1.29, 1.82) is 0 Å². The summed E-state index contributed by atoms with van der Waals surface area (Å²) in [6, 6.07) is 1.81. The van der Waals surface area contributed by atoms with E-state index in [1.165, 1.54) is 23.0 Å². The van der Waals surface area contributed by atoms with Crippen LogP contribution in [-0.2, 0) is 21.4 Å². The molecule has 2 rings (SSSR count). The number of aromatic nitrogens is 2. The number of ether oxygens (including phenoxy) is 1. The maximum Gasteiger partial charge on any atom is 0.313 e. The number of thioether (sulfide) groups is 1. The average molecular weight is 326 g/mol. The van der Waals surface area contributed by atoms with Crippen LogP contribution in [0.2, 0.25) is 0 Å². The number of aryl methyl sites for hydroxylation is 1. The number of carbonyl (C=O) groups is 2. The highest BCUT2D eigenvalue weighted by molar-refractivity contribution is 7.99. The quantitative estimate of drug-likeness (QED) is 0.359. The van der Waals surface area contributed by atoms with Gasteiger partial charge in [-0.05, 0) is 13.0 Å². The molecule has 2 heterocycles. The standard InChI is InChI=1S/C13H14N2O4S2/c1-7-4-9-11(21-7)14-13(15(2)12(9)18)20-6-8(16)5-10(17)19-3/h4H,5-6H2,1-3H3. The Kier molecular flexibility index (Phi) is 4.79. The Bertz CT molecular complexity index is 763. The van der Waals surface area contributed by atoms with E-state index < -0.39 is 5.97 Å². The highest BCUT2D eigenvalue weighted by Gasteiger charge is 2.14. The summed E-state index contributed by atoms with van der Waals surface area (Å²) in [6.07, 6.45) is -0.266. The van der Waals surface area contributed by atoms with Crippen LogP contribution in [0.25, 0.3) is 10.2 Å². The van der Waals surface area contributed by atoms with Crippen LogP contribution in [0.4, 0.5) is 0 Å². The first kappa shape index (κ1) is 15.7. The van der Waals surface area contributed by atoms with Gasteiger partial charge in [-0.25, -0.2) is 4.98 Å². The van der Waals surface area contributed by atoms with Crippen molar-refractivity contribution < 1.29 is 14.3 Å². The summed E-state index contributed by atoms with van der Waals surface area (Å²) in [5.41, 5.74) is -0.132. The molecule has 0 bridgehead atoms. The van der Waals surface area contributed by atoms with Crippen molar-refractivity contribution in [1.82, 2.24) is 9.55 Å². The van der Waals surface area contributed by atoms with Crippen molar-refractivity contribution >= 4 is 45.1 Å². The lowest BCUT2D eigenvalue weighted by Gasteiger charge is -2.06. The van der Waals surface area contributed by atoms with Crippen molar-refractivity contribution in [2.24, 2.45) is 7.05 Å². The van der Waals surface area contributed by atoms with Crippen LogP contribution in [0.15, 0.2) is 16.0 Å². The molecule has 8 heteroatoms. The van der Waals surface area contributed by atoms with Gasteiger partial charge in [0.25, 0.3) is 5.56 Å². The van der Waals surface area contributed by atoms with Crippen LogP contribution in [-0.4, -0.2) is 34.2 Å². The highest BCUT2D eigenvalue weighted by Crippen LogP contribution is 2.23. The number of Topliss-reactive ketones (excluding diaryl/α,β-unsaturated/α-hetero) is 1. The average Bonchev–Trinajstić information content (AvgIpc) is 2.82. The van der Waals surface area contributed by atoms with Crippen LogP contribution in [0.5, 0.6) is 0 Å². The van der Waals surface area contributed by atoms with E-state index in [2.05, 4.69) is 9.72 Å². The van der Waals surface area contributed by atoms with Crippen molar-refractivity contribution in [3.63, 3.8) is 0 Å². The van der Waals surface area contributed by atoms with Gasteiger partial charge < -0.3 is 4.74 Å². The normalized spacial score (nSPS) is 10.8. The molecule has 0 aliphatic carbocycles. The molecule has 0 aliphatic rings. The summed E-state index contributed by atoms with van der Waals surface area (Å²) in [5.74, 6) is -0.749. The minimum Gasteiger partial charge on any atom is -0.469 e. The van der Waals surface area contributed by atoms with E-state index in [0.29, 0.717) is 15.4 Å². The summed E-state index contributed by atoms with van der Waals surface area (Å²) in [6.45, 7) is 1.92. The van der Waals surface area contributed by atoms with Crippen LogP contribution in [0.1, 0.15) is 11.3 Å². The number of nitrogens with zero attached hydrogens (tertiary/aromatic N) is 2. The second-order valence-electron chi connectivity index (χ2n) is 4.41. The Hall–Kier alpha value is -1.67. The topological polar surface area (TPSA) is 78.3 Å². The fourth-order valence-electron chi connectivity index (χ4n) is 1.73. The van der Waals surface area contributed by atoms with Crippen LogP contribution in [0, 0.1) is 6.92 Å². The third kappa shape index (κ3) is 3.51. The van der Waals surface area contributed by atoms with Gasteiger partial charge in [0.1, 0.15) is 11.3 Å². The van der Waals surface area contributed by atoms with E-state index in [9.17, 15) is 14.4 Å². The molecule has 6 nitrogen and oxygen atoms in total. The maximum absolute atomic E-state index is 12.2. The van der Waals surface area contributed by atoms with Gasteiger partial charge in [0, 0.05) is 11.9 Å². The molecular formula is C13H14N2O4S2. The summed E-state index contributed by atoms with van der Waals surface area (Å²) in [7, 11) is 2.86. The smallest absolute Gasteiger partial charge is 0.313 e. The molecule has 0 amide bonds. The predicted octanol–water partition coefficient (Wildman–Crippen LogP) is 1.53. The molecule has 0 saturated heterocycles. The van der Waals surface area contributed by atoms with Crippen molar-refractivity contribution in [2.75, 3.05) is 12.9 Å². The summed E-state index contributed by atoms with van der Waals surface area (Å²) in [5, 5.41) is 1.05. The van der Waals surface area contributed by atoms with E-state index in [0.717, 1.165) is 16.6 Å².